The third kappa shape index (κ3) is 7.11. The molecule has 0 aromatic heterocycles. The number of piperidine rings is 1. The molecule has 3 aromatic rings. The number of nitrogens with one attached hydrogen (secondary N) is 1. The Hall–Kier alpha value is -5.01. The number of carbonyl (C=O) groups excluding carboxylic acids is 2. The van der Waals surface area contributed by atoms with E-state index in [0.717, 1.165) is 0 Å². The van der Waals surface area contributed by atoms with Crippen molar-refractivity contribution in [2.45, 2.75) is 11.8 Å². The summed E-state index contributed by atoms with van der Waals surface area (Å²) in [5.41, 5.74) is 1.93. The summed E-state index contributed by atoms with van der Waals surface area (Å²) in [6, 6.07) is 12.5. The van der Waals surface area contributed by atoms with Crippen molar-refractivity contribution in [1.82, 2.24) is 4.31 Å². The zero-order valence-electron chi connectivity index (χ0n) is 26.6. The third-order valence-corrected chi connectivity index (χ3v) is 8.95. The quantitative estimate of drug-likeness (QED) is 0.296. The topological polar surface area (TPSA) is 139 Å². The van der Waals surface area contributed by atoms with E-state index in [0.29, 0.717) is 51.3 Å². The van der Waals surface area contributed by atoms with E-state index >= 15 is 0 Å². The summed E-state index contributed by atoms with van der Waals surface area (Å²) in [7, 11) is 4.76. The highest BCUT2D eigenvalue weighted by molar-refractivity contribution is 7.89. The monoisotopic (exact) mass is 652 g/mol. The first-order valence-electron chi connectivity index (χ1n) is 13.9. The van der Waals surface area contributed by atoms with Crippen LogP contribution < -0.4 is 33.7 Å². The Balaban J connectivity index is 1.86. The molecule has 0 spiro atoms. The average molecular weight is 653 g/mol. The molecule has 0 aliphatic carbocycles. The molecule has 1 saturated heterocycles. The first kappa shape index (κ1) is 33.9. The molecule has 4 rings (SSSR count). The Morgan fingerprint density at radius 3 is 1.41 bits per heavy atom. The van der Waals surface area contributed by atoms with Gasteiger partial charge in [0.1, 0.15) is 0 Å². The lowest BCUT2D eigenvalue weighted by molar-refractivity contribution is -0.114. The molecular weight excluding hydrogens is 616 g/mol. The number of methoxy groups -OCH3 is 6. The molecule has 0 atom stereocenters. The van der Waals surface area contributed by atoms with Crippen LogP contribution in [0.4, 0.5) is 5.69 Å². The predicted octanol–water partition coefficient (Wildman–Crippen LogP) is 4.44. The Bertz CT molecular complexity index is 1660. The lowest BCUT2D eigenvalue weighted by Crippen LogP contribution is -2.41. The first-order valence-corrected chi connectivity index (χ1v) is 15.4. The fourth-order valence-electron chi connectivity index (χ4n) is 5.01. The normalized spacial score (nSPS) is 15.4. The van der Waals surface area contributed by atoms with Crippen molar-refractivity contribution in [2.75, 3.05) is 61.1 Å². The summed E-state index contributed by atoms with van der Waals surface area (Å²) in [6.45, 7) is 0.939. The van der Waals surface area contributed by atoms with Gasteiger partial charge in [0.2, 0.25) is 27.4 Å². The predicted molar refractivity (Wildman–Crippen MR) is 173 cm³/mol. The average Bonchev–Trinajstić information content (AvgIpc) is 3.05. The molecule has 0 radical (unpaired) electrons. The van der Waals surface area contributed by atoms with Crippen LogP contribution in [0.2, 0.25) is 0 Å². The highest BCUT2D eigenvalue weighted by Gasteiger charge is 2.34. The summed E-state index contributed by atoms with van der Waals surface area (Å²) >= 11 is 0. The van der Waals surface area contributed by atoms with Crippen molar-refractivity contribution in [3.63, 3.8) is 0 Å². The second kappa shape index (κ2) is 14.4. The molecule has 12 nitrogen and oxygen atoms in total. The van der Waals surface area contributed by atoms with Gasteiger partial charge >= 0.3 is 0 Å². The van der Waals surface area contributed by atoms with Crippen LogP contribution in [0, 0.1) is 0 Å². The van der Waals surface area contributed by atoms with E-state index in [-0.39, 0.29) is 40.8 Å². The summed E-state index contributed by atoms with van der Waals surface area (Å²) in [4.78, 5) is 25.4. The highest BCUT2D eigenvalue weighted by atomic mass is 32.2. The van der Waals surface area contributed by atoms with Crippen LogP contribution in [-0.2, 0) is 19.6 Å². The van der Waals surface area contributed by atoms with Gasteiger partial charge in [-0.3, -0.25) is 9.59 Å². The van der Waals surface area contributed by atoms with Gasteiger partial charge in [0, 0.05) is 36.8 Å². The van der Waals surface area contributed by atoms with Crippen LogP contribution in [0.1, 0.15) is 18.1 Å². The molecule has 1 amide bonds. The number of Topliss-reactive ketones (excluding diaryl/α,β-unsaturated/α-hetero) is 1. The number of nitrogens with zero attached hydrogens (tertiary/aromatic N) is 1. The number of benzene rings is 3. The number of hydrogen-bond donors (Lipinski definition) is 1. The largest absolute Gasteiger partial charge is 0.493 e. The Morgan fingerprint density at radius 2 is 1.09 bits per heavy atom. The maximum Gasteiger partial charge on any atom is 0.243 e. The van der Waals surface area contributed by atoms with Crippen LogP contribution in [0.3, 0.4) is 0 Å². The summed E-state index contributed by atoms with van der Waals surface area (Å²) < 4.78 is 61.8. The summed E-state index contributed by atoms with van der Waals surface area (Å²) in [5, 5.41) is 2.62. The van der Waals surface area contributed by atoms with Crippen LogP contribution in [0.5, 0.6) is 34.5 Å². The van der Waals surface area contributed by atoms with E-state index in [1.165, 1.54) is 78.2 Å². The molecule has 0 saturated carbocycles. The number of ether oxygens (including phenoxy) is 6. The van der Waals surface area contributed by atoms with Crippen molar-refractivity contribution in [1.29, 1.82) is 0 Å². The van der Waals surface area contributed by atoms with Gasteiger partial charge in [0.05, 0.1) is 47.6 Å². The molecule has 1 fully saturated rings. The molecule has 1 N–H and O–H groups in total. The molecule has 3 aromatic carbocycles. The van der Waals surface area contributed by atoms with E-state index in [9.17, 15) is 18.0 Å². The molecule has 0 bridgehead atoms. The van der Waals surface area contributed by atoms with Gasteiger partial charge in [-0.1, -0.05) is 0 Å². The fourth-order valence-corrected chi connectivity index (χ4v) is 6.41. The van der Waals surface area contributed by atoms with E-state index < -0.39 is 10.0 Å². The van der Waals surface area contributed by atoms with Gasteiger partial charge in [-0.05, 0) is 71.8 Å². The van der Waals surface area contributed by atoms with Crippen molar-refractivity contribution in [3.8, 4) is 34.5 Å². The second-order valence-electron chi connectivity index (χ2n) is 10.1. The number of ketones is 1. The zero-order chi connectivity index (χ0) is 33.6. The number of carbonyl (C=O) groups is 2. The number of hydrogen-bond acceptors (Lipinski definition) is 10. The van der Waals surface area contributed by atoms with Crippen molar-refractivity contribution in [2.24, 2.45) is 0 Å². The summed E-state index contributed by atoms with van der Waals surface area (Å²) in [6.07, 6.45) is 3.19. The molecule has 0 unspecified atom stereocenters. The van der Waals surface area contributed by atoms with Crippen LogP contribution in [0.15, 0.2) is 64.6 Å². The van der Waals surface area contributed by atoms with Crippen molar-refractivity contribution in [3.05, 3.63) is 70.8 Å². The standard InChI is InChI=1S/C33H36N2O10S/c1-20(36)34-25-8-10-26(11-9-25)46(38,39)35-18-23(12-21-14-27(40-2)32(44-6)28(15-21)41-3)31(37)24(19-35)13-22-16-29(42-4)33(45-7)30(17-22)43-5/h8-17H,18-19H2,1-7H3,(H,34,36)/b23-12+,24-13+. The Labute approximate surface area is 268 Å². The summed E-state index contributed by atoms with van der Waals surface area (Å²) in [5.74, 6) is 1.59. The molecule has 244 valence electrons. The minimum atomic E-state index is -4.11. The van der Waals surface area contributed by atoms with Gasteiger partial charge in [-0.25, -0.2) is 8.42 Å². The molecule has 1 aliphatic heterocycles. The molecule has 1 aliphatic rings. The molecule has 13 heteroatoms. The second-order valence-corrected chi connectivity index (χ2v) is 12.0. The van der Waals surface area contributed by atoms with Crippen molar-refractivity contribution < 1.29 is 46.4 Å². The number of sulfonamides is 1. The maximum atomic E-state index is 14.0. The van der Waals surface area contributed by atoms with E-state index in [1.54, 1.807) is 36.4 Å². The maximum absolute atomic E-state index is 14.0. The highest BCUT2D eigenvalue weighted by Crippen LogP contribution is 2.41. The van der Waals surface area contributed by atoms with E-state index in [2.05, 4.69) is 5.32 Å². The smallest absolute Gasteiger partial charge is 0.243 e. The van der Waals surface area contributed by atoms with Crippen molar-refractivity contribution >= 4 is 39.6 Å². The van der Waals surface area contributed by atoms with Crippen LogP contribution in [0.25, 0.3) is 12.2 Å². The van der Waals surface area contributed by atoms with Gasteiger partial charge in [0.25, 0.3) is 0 Å². The minimum absolute atomic E-state index is 0.00442. The zero-order valence-corrected chi connectivity index (χ0v) is 27.4. The Morgan fingerprint density at radius 1 is 0.696 bits per heavy atom. The van der Waals surface area contributed by atoms with Gasteiger partial charge < -0.3 is 33.7 Å². The lowest BCUT2D eigenvalue weighted by Gasteiger charge is -2.29. The van der Waals surface area contributed by atoms with Crippen LogP contribution in [-0.4, -0.2) is 80.2 Å². The van der Waals surface area contributed by atoms with Crippen LogP contribution >= 0.6 is 0 Å². The molecule has 1 heterocycles. The lowest BCUT2D eigenvalue weighted by atomic mass is 9.95. The fraction of sp³-hybridized carbons (Fsp3) is 0.273. The third-order valence-electron chi connectivity index (χ3n) is 7.15. The minimum Gasteiger partial charge on any atom is -0.493 e. The van der Waals surface area contributed by atoms with Gasteiger partial charge in [-0.2, -0.15) is 4.31 Å². The van der Waals surface area contributed by atoms with Gasteiger partial charge in [0.15, 0.2) is 28.8 Å². The number of rotatable bonds is 11. The molecule has 46 heavy (non-hydrogen) atoms. The van der Waals surface area contributed by atoms with E-state index in [1.807, 2.05) is 0 Å². The number of amides is 1. The SMILES string of the molecule is COc1cc(/C=C2\CN(S(=O)(=O)c3ccc(NC(C)=O)cc3)C/C(=C\c3cc(OC)c(OC)c(OC)c3)C2=O)cc(OC)c1OC. The molecular formula is C33H36N2O10S. The van der Waals surface area contributed by atoms with E-state index in [4.69, 9.17) is 28.4 Å². The Kier molecular flexibility index (Phi) is 10.6. The number of anilines is 1. The van der Waals surface area contributed by atoms with Gasteiger partial charge in [-0.15, -0.1) is 0 Å². The first-order chi connectivity index (χ1) is 22.0.